The molecule has 5 aliphatic carbocycles. The highest BCUT2D eigenvalue weighted by molar-refractivity contribution is 5.88. The molecule has 182 valence electrons. The van der Waals surface area contributed by atoms with E-state index in [1.807, 2.05) is 6.92 Å². The molecule has 0 heterocycles. The first kappa shape index (κ1) is 23.4. The summed E-state index contributed by atoms with van der Waals surface area (Å²) in [5, 5.41) is 11.4. The fourth-order valence-corrected chi connectivity index (χ4v) is 11.9. The van der Waals surface area contributed by atoms with E-state index >= 15 is 0 Å². The summed E-state index contributed by atoms with van der Waals surface area (Å²) in [5.41, 5.74) is 0.138. The van der Waals surface area contributed by atoms with Gasteiger partial charge in [-0.1, -0.05) is 48.5 Å². The molecule has 0 radical (unpaired) electrons. The SMILES string of the molecule is CC(C)[C@H]1CC[C@@H]2[C@]1(C)CC[C@]1(C)[C@H]3CC[C@@]4(C)[C@@H](CCC(=O)[C@@]4(C)O)[C@]3(C)CC[C@@]21C. The molecule has 0 aliphatic heterocycles. The first-order valence-electron chi connectivity index (χ1n) is 13.9. The topological polar surface area (TPSA) is 37.3 Å². The van der Waals surface area contributed by atoms with Gasteiger partial charge in [-0.2, -0.15) is 0 Å². The first-order chi connectivity index (χ1) is 14.7. The summed E-state index contributed by atoms with van der Waals surface area (Å²) in [6.07, 6.45) is 12.0. The van der Waals surface area contributed by atoms with Crippen molar-refractivity contribution in [1.29, 1.82) is 0 Å². The van der Waals surface area contributed by atoms with Crippen LogP contribution in [-0.2, 0) is 4.79 Å². The molecule has 5 fully saturated rings. The highest BCUT2D eigenvalue weighted by Gasteiger charge is 2.73. The lowest BCUT2D eigenvalue weighted by molar-refractivity contribution is -0.260. The van der Waals surface area contributed by atoms with Crippen molar-refractivity contribution in [1.82, 2.24) is 0 Å². The second-order valence-electron chi connectivity index (χ2n) is 14.9. The van der Waals surface area contributed by atoms with E-state index in [-0.39, 0.29) is 16.6 Å². The third-order valence-electron chi connectivity index (χ3n) is 14.1. The third-order valence-corrected chi connectivity index (χ3v) is 14.1. The van der Waals surface area contributed by atoms with Crippen molar-refractivity contribution < 1.29 is 9.90 Å². The molecule has 0 aromatic carbocycles. The number of aliphatic hydroxyl groups is 1. The molecule has 0 bridgehead atoms. The Labute approximate surface area is 197 Å². The van der Waals surface area contributed by atoms with Crippen LogP contribution in [0.5, 0.6) is 0 Å². The monoisotopic (exact) mass is 442 g/mol. The quantitative estimate of drug-likeness (QED) is 0.458. The Morgan fingerprint density at radius 1 is 0.688 bits per heavy atom. The average molecular weight is 443 g/mol. The molecule has 0 aromatic heterocycles. The summed E-state index contributed by atoms with van der Waals surface area (Å²) < 4.78 is 0. The normalized spacial score (nSPS) is 59.9. The molecule has 5 saturated carbocycles. The fourth-order valence-electron chi connectivity index (χ4n) is 11.9. The summed E-state index contributed by atoms with van der Waals surface area (Å²) in [5.74, 6) is 3.81. The van der Waals surface area contributed by atoms with Gasteiger partial charge in [-0.3, -0.25) is 4.79 Å². The molecular weight excluding hydrogens is 392 g/mol. The number of hydrogen-bond acceptors (Lipinski definition) is 2. The maximum atomic E-state index is 12.8. The second kappa shape index (κ2) is 6.64. The van der Waals surface area contributed by atoms with Crippen molar-refractivity contribution in [3.8, 4) is 0 Å². The van der Waals surface area contributed by atoms with Gasteiger partial charge in [0.05, 0.1) is 0 Å². The summed E-state index contributed by atoms with van der Waals surface area (Å²) in [7, 11) is 0. The van der Waals surface area contributed by atoms with Crippen LogP contribution in [0.15, 0.2) is 0 Å². The predicted molar refractivity (Wildman–Crippen MR) is 131 cm³/mol. The van der Waals surface area contributed by atoms with Gasteiger partial charge in [0.1, 0.15) is 5.60 Å². The Kier molecular flexibility index (Phi) is 4.85. The molecule has 0 amide bonds. The maximum Gasteiger partial charge on any atom is 0.164 e. The van der Waals surface area contributed by atoms with Crippen molar-refractivity contribution in [3.63, 3.8) is 0 Å². The minimum atomic E-state index is -1.16. The van der Waals surface area contributed by atoms with E-state index < -0.39 is 5.60 Å². The Morgan fingerprint density at radius 2 is 1.22 bits per heavy atom. The van der Waals surface area contributed by atoms with Crippen LogP contribution in [0.2, 0.25) is 0 Å². The van der Waals surface area contributed by atoms with Crippen molar-refractivity contribution in [2.75, 3.05) is 0 Å². The van der Waals surface area contributed by atoms with Crippen LogP contribution in [0.1, 0.15) is 120 Å². The first-order valence-corrected chi connectivity index (χ1v) is 13.9. The van der Waals surface area contributed by atoms with Crippen LogP contribution in [0.3, 0.4) is 0 Å². The minimum absolute atomic E-state index is 0.0873. The van der Waals surface area contributed by atoms with Crippen LogP contribution in [0.25, 0.3) is 0 Å². The molecule has 0 saturated heterocycles. The van der Waals surface area contributed by atoms with Crippen molar-refractivity contribution in [3.05, 3.63) is 0 Å². The number of fused-ring (bicyclic) bond motifs is 7. The lowest BCUT2D eigenvalue weighted by Crippen LogP contribution is -2.69. The van der Waals surface area contributed by atoms with Gasteiger partial charge in [0.15, 0.2) is 5.78 Å². The van der Waals surface area contributed by atoms with Crippen LogP contribution in [0.4, 0.5) is 0 Å². The summed E-state index contributed by atoms with van der Waals surface area (Å²) in [4.78, 5) is 12.8. The smallest absolute Gasteiger partial charge is 0.164 e. The average Bonchev–Trinajstić information content (AvgIpc) is 3.06. The van der Waals surface area contributed by atoms with Crippen molar-refractivity contribution in [2.24, 2.45) is 56.7 Å². The van der Waals surface area contributed by atoms with Gasteiger partial charge >= 0.3 is 0 Å². The van der Waals surface area contributed by atoms with Crippen molar-refractivity contribution >= 4 is 5.78 Å². The molecule has 32 heavy (non-hydrogen) atoms. The number of ketones is 1. The number of rotatable bonds is 1. The van der Waals surface area contributed by atoms with Crippen LogP contribution >= 0.6 is 0 Å². The zero-order chi connectivity index (χ0) is 23.5. The second-order valence-corrected chi connectivity index (χ2v) is 14.9. The van der Waals surface area contributed by atoms with Gasteiger partial charge in [0.2, 0.25) is 0 Å². The molecule has 0 aromatic rings. The highest BCUT2D eigenvalue weighted by atomic mass is 16.3. The number of hydrogen-bond donors (Lipinski definition) is 1. The number of Topliss-reactive ketones (excluding diaryl/α,β-unsaturated/α-hetero) is 1. The van der Waals surface area contributed by atoms with Gasteiger partial charge in [0.25, 0.3) is 0 Å². The van der Waals surface area contributed by atoms with Crippen LogP contribution in [0, 0.1) is 56.7 Å². The third kappa shape index (κ3) is 2.45. The minimum Gasteiger partial charge on any atom is -0.382 e. The summed E-state index contributed by atoms with van der Waals surface area (Å²) in [6, 6.07) is 0. The molecule has 0 unspecified atom stereocenters. The van der Waals surface area contributed by atoms with E-state index in [1.165, 1.54) is 44.9 Å². The van der Waals surface area contributed by atoms with E-state index in [4.69, 9.17) is 0 Å². The molecule has 5 aliphatic rings. The van der Waals surface area contributed by atoms with Gasteiger partial charge in [-0.05, 0) is 116 Å². The standard InChI is InChI=1S/C30H50O2/c1-19(2)20-9-10-21-25(20,3)15-17-28(6)23-13-14-29(7)22(11-12-24(31)30(29,8)32)26(23,4)16-18-27(21,28)5/h19-23,32H,9-18H2,1-8H3/t20-,21-,22+,23+,25-,26+,27+,28-,29+,30-/m1/s1. The van der Waals surface area contributed by atoms with Gasteiger partial charge in [-0.25, -0.2) is 0 Å². The molecule has 2 heteroatoms. The van der Waals surface area contributed by atoms with Gasteiger partial charge in [0, 0.05) is 11.8 Å². The van der Waals surface area contributed by atoms with Gasteiger partial charge in [-0.15, -0.1) is 0 Å². The lowest BCUT2D eigenvalue weighted by atomic mass is 9.31. The Balaban J connectivity index is 1.54. The zero-order valence-corrected chi connectivity index (χ0v) is 22.3. The Hall–Kier alpha value is -0.370. The number of carbonyl (C=O) groups excluding carboxylic acids is 1. The van der Waals surface area contributed by atoms with Crippen LogP contribution < -0.4 is 0 Å². The largest absolute Gasteiger partial charge is 0.382 e. The maximum absolute atomic E-state index is 12.8. The fraction of sp³-hybridized carbons (Fsp3) is 0.967. The highest BCUT2D eigenvalue weighted by Crippen LogP contribution is 2.79. The lowest BCUT2D eigenvalue weighted by Gasteiger charge is -2.74. The van der Waals surface area contributed by atoms with E-state index in [2.05, 4.69) is 48.5 Å². The van der Waals surface area contributed by atoms with E-state index in [0.717, 1.165) is 36.5 Å². The summed E-state index contributed by atoms with van der Waals surface area (Å²) >= 11 is 0. The van der Waals surface area contributed by atoms with E-state index in [0.29, 0.717) is 28.6 Å². The number of carbonyl (C=O) groups is 1. The Morgan fingerprint density at radius 3 is 1.81 bits per heavy atom. The zero-order valence-electron chi connectivity index (χ0n) is 22.3. The molecular formula is C30H50O2. The molecule has 1 N–H and O–H groups in total. The molecule has 5 rings (SSSR count). The Bertz CT molecular complexity index is 814. The van der Waals surface area contributed by atoms with Crippen molar-refractivity contribution in [2.45, 2.75) is 125 Å². The molecule has 10 atom stereocenters. The van der Waals surface area contributed by atoms with E-state index in [1.54, 1.807) is 0 Å². The molecule has 2 nitrogen and oxygen atoms in total. The summed E-state index contributed by atoms with van der Waals surface area (Å²) in [6.45, 7) is 19.7. The van der Waals surface area contributed by atoms with E-state index in [9.17, 15) is 9.90 Å². The van der Waals surface area contributed by atoms with Gasteiger partial charge < -0.3 is 5.11 Å². The molecule has 0 spiro atoms. The predicted octanol–water partition coefficient (Wildman–Crippen LogP) is 7.43. The van der Waals surface area contributed by atoms with Crippen LogP contribution in [-0.4, -0.2) is 16.5 Å².